The fourth-order valence-corrected chi connectivity index (χ4v) is 3.61. The summed E-state index contributed by atoms with van der Waals surface area (Å²) >= 11 is 0. The topological polar surface area (TPSA) is 110 Å². The summed E-state index contributed by atoms with van der Waals surface area (Å²) in [6, 6.07) is 12.6. The molecule has 0 bridgehead atoms. The van der Waals surface area contributed by atoms with Crippen LogP contribution in [0.4, 0.5) is 5.69 Å². The molecular formula is C19H21N3O4S. The van der Waals surface area contributed by atoms with Crippen LogP contribution in [0.3, 0.4) is 0 Å². The molecule has 8 heteroatoms. The number of hydrogen-bond acceptors (Lipinski definition) is 4. The monoisotopic (exact) mass is 387 g/mol. The number of nitrogens with one attached hydrogen (secondary N) is 1. The van der Waals surface area contributed by atoms with Crippen molar-refractivity contribution < 1.29 is 18.0 Å². The summed E-state index contributed by atoms with van der Waals surface area (Å²) in [5.41, 5.74) is 1.87. The van der Waals surface area contributed by atoms with Crippen LogP contribution in [-0.4, -0.2) is 26.8 Å². The predicted octanol–water partition coefficient (Wildman–Crippen LogP) is 1.95. The van der Waals surface area contributed by atoms with Gasteiger partial charge in [-0.1, -0.05) is 12.1 Å². The summed E-state index contributed by atoms with van der Waals surface area (Å²) in [5.74, 6) is -0.196. The number of benzene rings is 2. The lowest BCUT2D eigenvalue weighted by molar-refractivity contribution is -0.117. The van der Waals surface area contributed by atoms with Gasteiger partial charge in [-0.15, -0.1) is 0 Å². The number of sulfonamides is 1. The van der Waals surface area contributed by atoms with Gasteiger partial charge in [-0.2, -0.15) is 0 Å². The summed E-state index contributed by atoms with van der Waals surface area (Å²) in [6.07, 6.45) is 1.40. The minimum atomic E-state index is -3.80. The number of nitrogens with two attached hydrogens (primary N) is 1. The molecule has 27 heavy (non-hydrogen) atoms. The quantitative estimate of drug-likeness (QED) is 0.817. The molecule has 0 radical (unpaired) electrons. The molecule has 1 heterocycles. The van der Waals surface area contributed by atoms with E-state index in [9.17, 15) is 18.0 Å². The van der Waals surface area contributed by atoms with Gasteiger partial charge in [-0.3, -0.25) is 9.59 Å². The first-order valence-electron chi connectivity index (χ1n) is 8.60. The van der Waals surface area contributed by atoms with E-state index in [-0.39, 0.29) is 16.7 Å². The van der Waals surface area contributed by atoms with E-state index in [2.05, 4.69) is 5.32 Å². The second kappa shape index (κ2) is 7.50. The average molecular weight is 387 g/mol. The van der Waals surface area contributed by atoms with Crippen molar-refractivity contribution in [3.8, 4) is 0 Å². The Balaban J connectivity index is 1.70. The van der Waals surface area contributed by atoms with E-state index < -0.39 is 16.1 Å². The molecule has 1 aliphatic rings. The maximum Gasteiger partial charge on any atom is 0.251 e. The molecule has 2 aromatic rings. The van der Waals surface area contributed by atoms with Gasteiger partial charge in [0.1, 0.15) is 0 Å². The Morgan fingerprint density at radius 1 is 1.19 bits per heavy atom. The minimum Gasteiger partial charge on any atom is -0.346 e. The summed E-state index contributed by atoms with van der Waals surface area (Å²) in [5, 5.41) is 7.98. The standard InChI is InChI=1S/C19H21N3O4S/c1-13(15-4-2-5-17(12-15)27(20,25)26)21-19(24)14-7-9-16(10-8-14)22-11-3-6-18(22)23/h2,4-5,7-10,12-13H,3,6,11H2,1H3,(H,21,24)(H2,20,25,26)/t13-/m0/s1. The Kier molecular flexibility index (Phi) is 5.29. The summed E-state index contributed by atoms with van der Waals surface area (Å²) in [4.78, 5) is 26.0. The fourth-order valence-electron chi connectivity index (χ4n) is 3.04. The molecule has 0 aromatic heterocycles. The maximum absolute atomic E-state index is 12.5. The third-order valence-corrected chi connectivity index (χ3v) is 5.46. The number of rotatable bonds is 5. The second-order valence-electron chi connectivity index (χ2n) is 6.51. The molecule has 1 aliphatic heterocycles. The predicted molar refractivity (Wildman–Crippen MR) is 102 cm³/mol. The lowest BCUT2D eigenvalue weighted by Crippen LogP contribution is -2.27. The lowest BCUT2D eigenvalue weighted by atomic mass is 10.1. The first-order valence-corrected chi connectivity index (χ1v) is 10.1. The van der Waals surface area contributed by atoms with Crippen molar-refractivity contribution in [3.63, 3.8) is 0 Å². The molecule has 3 N–H and O–H groups in total. The van der Waals surface area contributed by atoms with Crippen LogP contribution < -0.4 is 15.4 Å². The van der Waals surface area contributed by atoms with E-state index in [1.165, 1.54) is 12.1 Å². The molecule has 0 aliphatic carbocycles. The number of hydrogen-bond donors (Lipinski definition) is 2. The van der Waals surface area contributed by atoms with Gasteiger partial charge < -0.3 is 10.2 Å². The number of amides is 2. The Morgan fingerprint density at radius 3 is 2.48 bits per heavy atom. The van der Waals surface area contributed by atoms with Crippen LogP contribution in [0.1, 0.15) is 41.7 Å². The summed E-state index contributed by atoms with van der Waals surface area (Å²) < 4.78 is 23.0. The van der Waals surface area contributed by atoms with E-state index >= 15 is 0 Å². The highest BCUT2D eigenvalue weighted by Crippen LogP contribution is 2.22. The zero-order valence-electron chi connectivity index (χ0n) is 14.9. The smallest absolute Gasteiger partial charge is 0.251 e. The largest absolute Gasteiger partial charge is 0.346 e. The number of carbonyl (C=O) groups excluding carboxylic acids is 2. The number of anilines is 1. The van der Waals surface area contributed by atoms with Crippen molar-refractivity contribution in [1.82, 2.24) is 5.32 Å². The molecule has 2 amide bonds. The van der Waals surface area contributed by atoms with Gasteiger partial charge in [0.05, 0.1) is 10.9 Å². The maximum atomic E-state index is 12.5. The van der Waals surface area contributed by atoms with Crippen molar-refractivity contribution in [2.45, 2.75) is 30.7 Å². The average Bonchev–Trinajstić information content (AvgIpc) is 3.07. The van der Waals surface area contributed by atoms with Gasteiger partial charge in [-0.25, -0.2) is 13.6 Å². The van der Waals surface area contributed by atoms with Crippen molar-refractivity contribution in [3.05, 3.63) is 59.7 Å². The van der Waals surface area contributed by atoms with Gasteiger partial charge in [-0.05, 0) is 55.3 Å². The summed E-state index contributed by atoms with van der Waals surface area (Å²) in [7, 11) is -3.80. The van der Waals surface area contributed by atoms with E-state index in [1.807, 2.05) is 0 Å². The highest BCUT2D eigenvalue weighted by molar-refractivity contribution is 7.89. The van der Waals surface area contributed by atoms with Crippen LogP contribution in [0.2, 0.25) is 0 Å². The van der Waals surface area contributed by atoms with Gasteiger partial charge in [0, 0.05) is 24.2 Å². The minimum absolute atomic E-state index is 0.000678. The van der Waals surface area contributed by atoms with E-state index in [0.29, 0.717) is 24.1 Å². The Morgan fingerprint density at radius 2 is 1.89 bits per heavy atom. The highest BCUT2D eigenvalue weighted by Gasteiger charge is 2.22. The molecule has 2 aromatic carbocycles. The zero-order valence-corrected chi connectivity index (χ0v) is 15.7. The first-order chi connectivity index (χ1) is 12.8. The third-order valence-electron chi connectivity index (χ3n) is 4.55. The van der Waals surface area contributed by atoms with E-state index in [1.54, 1.807) is 48.2 Å². The number of nitrogens with zero attached hydrogens (tertiary/aromatic N) is 1. The molecular weight excluding hydrogens is 366 g/mol. The van der Waals surface area contributed by atoms with Crippen molar-refractivity contribution in [1.29, 1.82) is 0 Å². The normalized spacial score (nSPS) is 15.6. The molecule has 142 valence electrons. The SMILES string of the molecule is C[C@H](NC(=O)c1ccc(N2CCCC2=O)cc1)c1cccc(S(N)(=O)=O)c1. The lowest BCUT2D eigenvalue weighted by Gasteiger charge is -2.17. The third kappa shape index (κ3) is 4.35. The van der Waals surface area contributed by atoms with Gasteiger partial charge in [0.2, 0.25) is 15.9 Å². The first kappa shape index (κ1) is 19.1. The zero-order chi connectivity index (χ0) is 19.6. The van der Waals surface area contributed by atoms with Crippen LogP contribution in [0, 0.1) is 0 Å². The highest BCUT2D eigenvalue weighted by atomic mass is 32.2. The summed E-state index contributed by atoms with van der Waals surface area (Å²) in [6.45, 7) is 2.46. The van der Waals surface area contributed by atoms with Crippen LogP contribution >= 0.6 is 0 Å². The Labute approximate surface area is 158 Å². The van der Waals surface area contributed by atoms with Crippen molar-refractivity contribution in [2.75, 3.05) is 11.4 Å². The Hall–Kier alpha value is -2.71. The Bertz CT molecular complexity index is 971. The molecule has 0 saturated carbocycles. The fraction of sp³-hybridized carbons (Fsp3) is 0.263. The van der Waals surface area contributed by atoms with Crippen LogP contribution in [-0.2, 0) is 14.8 Å². The molecule has 3 rings (SSSR count). The van der Waals surface area contributed by atoms with Crippen molar-refractivity contribution >= 4 is 27.5 Å². The van der Waals surface area contributed by atoms with Crippen molar-refractivity contribution in [2.24, 2.45) is 5.14 Å². The van der Waals surface area contributed by atoms with E-state index in [0.717, 1.165) is 12.1 Å². The number of carbonyl (C=O) groups is 2. The molecule has 1 atom stereocenters. The molecule has 0 unspecified atom stereocenters. The number of primary sulfonamides is 1. The van der Waals surface area contributed by atoms with Gasteiger partial charge >= 0.3 is 0 Å². The van der Waals surface area contributed by atoms with Crippen LogP contribution in [0.5, 0.6) is 0 Å². The molecule has 1 fully saturated rings. The van der Waals surface area contributed by atoms with Gasteiger partial charge in [0.25, 0.3) is 5.91 Å². The van der Waals surface area contributed by atoms with Gasteiger partial charge in [0.15, 0.2) is 0 Å². The molecule has 1 saturated heterocycles. The molecule has 0 spiro atoms. The molecule has 7 nitrogen and oxygen atoms in total. The second-order valence-corrected chi connectivity index (χ2v) is 8.07. The van der Waals surface area contributed by atoms with Crippen LogP contribution in [0.25, 0.3) is 0 Å². The van der Waals surface area contributed by atoms with E-state index in [4.69, 9.17) is 5.14 Å². The van der Waals surface area contributed by atoms with Crippen LogP contribution in [0.15, 0.2) is 53.4 Å².